The molecule has 2 saturated carbocycles. The van der Waals surface area contributed by atoms with E-state index in [0.29, 0.717) is 11.7 Å². The van der Waals surface area contributed by atoms with E-state index in [4.69, 9.17) is 11.6 Å². The number of aryl methyl sites for hydroxylation is 2. The van der Waals surface area contributed by atoms with Crippen molar-refractivity contribution >= 4 is 23.3 Å². The first-order valence-electron chi connectivity index (χ1n) is 6.60. The fraction of sp³-hybridized carbons (Fsp3) is 0.615. The number of amides is 1. The number of anilines is 1. The van der Waals surface area contributed by atoms with Crippen LogP contribution in [-0.4, -0.2) is 15.9 Å². The maximum atomic E-state index is 12.2. The maximum Gasteiger partial charge on any atom is 0.244 e. The summed E-state index contributed by atoms with van der Waals surface area (Å²) < 4.78 is 0. The standard InChI is InChI=1S/C13H17ClN4O/c1-7-8(2)16-11(10(14)15-7)17-18-12(19)13(5-6-13)9-3-4-9/h9H,3-6H2,1-2H3,(H,16,17)(H,18,19). The summed E-state index contributed by atoms with van der Waals surface area (Å²) >= 11 is 6.00. The molecule has 0 bridgehead atoms. The molecule has 0 spiro atoms. The zero-order valence-electron chi connectivity index (χ0n) is 11.1. The molecule has 2 aliphatic rings. The highest BCUT2D eigenvalue weighted by molar-refractivity contribution is 6.31. The highest BCUT2D eigenvalue weighted by Crippen LogP contribution is 2.61. The molecule has 0 radical (unpaired) electrons. The fourth-order valence-electron chi connectivity index (χ4n) is 2.49. The van der Waals surface area contributed by atoms with E-state index < -0.39 is 0 Å². The van der Waals surface area contributed by atoms with Gasteiger partial charge in [0.2, 0.25) is 5.91 Å². The summed E-state index contributed by atoms with van der Waals surface area (Å²) in [7, 11) is 0. The van der Waals surface area contributed by atoms with Gasteiger partial charge < -0.3 is 0 Å². The van der Waals surface area contributed by atoms with E-state index in [1.807, 2.05) is 13.8 Å². The molecule has 0 saturated heterocycles. The third kappa shape index (κ3) is 2.27. The van der Waals surface area contributed by atoms with Gasteiger partial charge in [0.25, 0.3) is 0 Å². The van der Waals surface area contributed by atoms with Crippen molar-refractivity contribution in [2.45, 2.75) is 39.5 Å². The molecule has 1 aromatic rings. The topological polar surface area (TPSA) is 66.9 Å². The summed E-state index contributed by atoms with van der Waals surface area (Å²) in [6.07, 6.45) is 4.35. The molecule has 6 heteroatoms. The van der Waals surface area contributed by atoms with Gasteiger partial charge in [0.05, 0.1) is 16.8 Å². The maximum absolute atomic E-state index is 12.2. The van der Waals surface area contributed by atoms with Crippen LogP contribution in [0.3, 0.4) is 0 Å². The molecule has 0 aromatic carbocycles. The van der Waals surface area contributed by atoms with Crippen molar-refractivity contribution in [3.8, 4) is 0 Å². The minimum absolute atomic E-state index is 0.0612. The van der Waals surface area contributed by atoms with Gasteiger partial charge in [-0.05, 0) is 45.4 Å². The number of rotatable bonds is 4. The molecule has 0 aliphatic heterocycles. The van der Waals surface area contributed by atoms with E-state index >= 15 is 0 Å². The van der Waals surface area contributed by atoms with Gasteiger partial charge in [-0.1, -0.05) is 11.6 Å². The van der Waals surface area contributed by atoms with E-state index in [9.17, 15) is 4.79 Å². The van der Waals surface area contributed by atoms with E-state index in [1.165, 1.54) is 12.8 Å². The molecule has 2 aliphatic carbocycles. The second-order valence-corrected chi connectivity index (χ2v) is 5.90. The molecule has 1 heterocycles. The molecule has 1 aromatic heterocycles. The van der Waals surface area contributed by atoms with Crippen LogP contribution < -0.4 is 10.9 Å². The third-order valence-electron chi connectivity index (χ3n) is 4.16. The average Bonchev–Trinajstić information content (AvgIpc) is 3.23. The number of aromatic nitrogens is 2. The van der Waals surface area contributed by atoms with Crippen LogP contribution in [0.2, 0.25) is 5.15 Å². The second kappa shape index (κ2) is 4.34. The van der Waals surface area contributed by atoms with Crippen LogP contribution in [0.5, 0.6) is 0 Å². The average molecular weight is 281 g/mol. The van der Waals surface area contributed by atoms with Gasteiger partial charge in [0.1, 0.15) is 0 Å². The summed E-state index contributed by atoms with van der Waals surface area (Å²) in [6, 6.07) is 0. The van der Waals surface area contributed by atoms with Crippen molar-refractivity contribution in [1.29, 1.82) is 0 Å². The third-order valence-corrected chi connectivity index (χ3v) is 4.42. The quantitative estimate of drug-likeness (QED) is 0.831. The van der Waals surface area contributed by atoms with Crippen LogP contribution in [0.25, 0.3) is 0 Å². The number of carbonyl (C=O) groups is 1. The lowest BCUT2D eigenvalue weighted by molar-refractivity contribution is -0.126. The largest absolute Gasteiger partial charge is 0.279 e. The van der Waals surface area contributed by atoms with Gasteiger partial charge in [-0.15, -0.1) is 0 Å². The lowest BCUT2D eigenvalue weighted by atomic mass is 10.0. The van der Waals surface area contributed by atoms with Gasteiger partial charge in [0, 0.05) is 0 Å². The Morgan fingerprint density at radius 3 is 2.47 bits per heavy atom. The van der Waals surface area contributed by atoms with E-state index in [1.54, 1.807) is 0 Å². The molecule has 0 unspecified atom stereocenters. The fourth-order valence-corrected chi connectivity index (χ4v) is 2.70. The van der Waals surface area contributed by atoms with Gasteiger partial charge >= 0.3 is 0 Å². The summed E-state index contributed by atoms with van der Waals surface area (Å²) in [6.45, 7) is 3.71. The van der Waals surface area contributed by atoms with Gasteiger partial charge in [0.15, 0.2) is 11.0 Å². The molecule has 1 amide bonds. The number of hydrogen-bond acceptors (Lipinski definition) is 4. The van der Waals surface area contributed by atoms with Crippen LogP contribution in [0.15, 0.2) is 0 Å². The Bertz CT molecular complexity index is 538. The monoisotopic (exact) mass is 280 g/mol. The molecular weight excluding hydrogens is 264 g/mol. The number of nitrogens with one attached hydrogen (secondary N) is 2. The van der Waals surface area contributed by atoms with Crippen molar-refractivity contribution in [2.24, 2.45) is 11.3 Å². The molecule has 2 fully saturated rings. The lowest BCUT2D eigenvalue weighted by Gasteiger charge is -2.16. The van der Waals surface area contributed by atoms with E-state index in [0.717, 1.165) is 24.2 Å². The number of halogens is 1. The molecule has 102 valence electrons. The Morgan fingerprint density at radius 1 is 1.26 bits per heavy atom. The number of hydrazine groups is 1. The SMILES string of the molecule is Cc1nc(Cl)c(NNC(=O)C2(C3CC3)CC2)nc1C. The number of nitrogens with zero attached hydrogens (tertiary/aromatic N) is 2. The van der Waals surface area contributed by atoms with Crippen LogP contribution >= 0.6 is 11.6 Å². The first-order chi connectivity index (χ1) is 9.03. The van der Waals surface area contributed by atoms with E-state index in [-0.39, 0.29) is 16.5 Å². The molecular formula is C13H17ClN4O. The summed E-state index contributed by atoms with van der Waals surface area (Å²) in [5.74, 6) is 1.05. The van der Waals surface area contributed by atoms with Gasteiger partial charge in [-0.2, -0.15) is 0 Å². The number of hydrogen-bond donors (Lipinski definition) is 2. The molecule has 2 N–H and O–H groups in total. The lowest BCUT2D eigenvalue weighted by Crippen LogP contribution is -2.37. The summed E-state index contributed by atoms with van der Waals surface area (Å²) in [5, 5.41) is 0.277. The Hall–Kier alpha value is -1.36. The van der Waals surface area contributed by atoms with Gasteiger partial charge in [-0.25, -0.2) is 9.97 Å². The summed E-state index contributed by atoms with van der Waals surface area (Å²) in [5.41, 5.74) is 7.01. The Labute approximate surface area is 117 Å². The molecule has 0 atom stereocenters. The highest BCUT2D eigenvalue weighted by Gasteiger charge is 2.59. The van der Waals surface area contributed by atoms with Crippen molar-refractivity contribution in [2.75, 3.05) is 5.43 Å². The Kier molecular flexibility index (Phi) is 2.89. The highest BCUT2D eigenvalue weighted by atomic mass is 35.5. The molecule has 5 nitrogen and oxygen atoms in total. The van der Waals surface area contributed by atoms with Crippen molar-refractivity contribution in [3.63, 3.8) is 0 Å². The molecule has 3 rings (SSSR count). The second-order valence-electron chi connectivity index (χ2n) is 5.54. The minimum atomic E-state index is -0.118. The predicted octanol–water partition coefficient (Wildman–Crippen LogP) is 2.38. The van der Waals surface area contributed by atoms with Crippen molar-refractivity contribution in [1.82, 2.24) is 15.4 Å². The van der Waals surface area contributed by atoms with Crippen LogP contribution in [0.1, 0.15) is 37.1 Å². The van der Waals surface area contributed by atoms with Crippen molar-refractivity contribution < 1.29 is 4.79 Å². The Morgan fingerprint density at radius 2 is 1.89 bits per heavy atom. The first kappa shape index (κ1) is 12.7. The van der Waals surface area contributed by atoms with Crippen LogP contribution in [0.4, 0.5) is 5.82 Å². The number of carbonyl (C=O) groups excluding carboxylic acids is 1. The van der Waals surface area contributed by atoms with Crippen molar-refractivity contribution in [3.05, 3.63) is 16.5 Å². The predicted molar refractivity (Wildman–Crippen MR) is 72.7 cm³/mol. The minimum Gasteiger partial charge on any atom is -0.279 e. The zero-order chi connectivity index (χ0) is 13.6. The van der Waals surface area contributed by atoms with Crippen LogP contribution in [0, 0.1) is 25.2 Å². The molecule has 19 heavy (non-hydrogen) atoms. The van der Waals surface area contributed by atoms with E-state index in [2.05, 4.69) is 20.8 Å². The first-order valence-corrected chi connectivity index (χ1v) is 6.98. The zero-order valence-corrected chi connectivity index (χ0v) is 11.8. The smallest absolute Gasteiger partial charge is 0.244 e. The van der Waals surface area contributed by atoms with Crippen LogP contribution in [-0.2, 0) is 4.79 Å². The van der Waals surface area contributed by atoms with Gasteiger partial charge in [-0.3, -0.25) is 15.6 Å². The normalized spacial score (nSPS) is 19.9. The summed E-state index contributed by atoms with van der Waals surface area (Å²) in [4.78, 5) is 20.6. The Balaban J connectivity index is 1.66.